The van der Waals surface area contributed by atoms with Gasteiger partial charge in [0.25, 0.3) is 0 Å². The molecule has 0 heterocycles. The van der Waals surface area contributed by atoms with Gasteiger partial charge < -0.3 is 0 Å². The van der Waals surface area contributed by atoms with Gasteiger partial charge in [-0.3, -0.25) is 0 Å². The topological polar surface area (TPSA) is 0 Å². The molecule has 2 aliphatic carbocycles. The van der Waals surface area contributed by atoms with E-state index in [1.54, 1.807) is 11.1 Å². The molecule has 0 aromatic rings. The predicted octanol–water partition coefficient (Wildman–Crippen LogP) is 6.31. The molecule has 0 amide bonds. The number of hydrogen-bond donors (Lipinski definition) is 0. The van der Waals surface area contributed by atoms with Crippen LogP contribution in [0.1, 0.15) is 66.7 Å². The Kier molecular flexibility index (Phi) is 5.29. The second kappa shape index (κ2) is 6.78. The lowest BCUT2D eigenvalue weighted by atomic mass is 9.63. The molecule has 0 saturated heterocycles. The van der Waals surface area contributed by atoms with E-state index >= 15 is 0 Å². The van der Waals surface area contributed by atoms with Gasteiger partial charge in [-0.1, -0.05) is 41.9 Å². The molecule has 0 aromatic carbocycles. The summed E-state index contributed by atoms with van der Waals surface area (Å²) >= 11 is 0. The van der Waals surface area contributed by atoms with E-state index in [1.807, 2.05) is 0 Å². The molecule has 0 nitrogen and oxygen atoms in total. The average Bonchev–Trinajstić information content (AvgIpc) is 2.38. The highest BCUT2D eigenvalue weighted by Crippen LogP contribution is 2.46. The summed E-state index contributed by atoms with van der Waals surface area (Å²) < 4.78 is 0. The minimum absolute atomic E-state index is 0.815. The maximum absolute atomic E-state index is 2.62. The van der Waals surface area contributed by atoms with Crippen LogP contribution in [0.2, 0.25) is 0 Å². The van der Waals surface area contributed by atoms with Gasteiger partial charge in [-0.2, -0.15) is 0 Å². The van der Waals surface area contributed by atoms with Crippen molar-refractivity contribution in [1.82, 2.24) is 0 Å². The third-order valence-corrected chi connectivity index (χ3v) is 5.49. The highest BCUT2D eigenvalue weighted by Gasteiger charge is 2.36. The first kappa shape index (κ1) is 15.6. The van der Waals surface area contributed by atoms with Crippen LogP contribution in [0.25, 0.3) is 0 Å². The summed E-state index contributed by atoms with van der Waals surface area (Å²) in [5.74, 6) is 3.35. The van der Waals surface area contributed by atoms with Crippen molar-refractivity contribution in [3.05, 3.63) is 34.9 Å². The van der Waals surface area contributed by atoms with Gasteiger partial charge in [0.2, 0.25) is 0 Å². The molecule has 0 aromatic heterocycles. The summed E-state index contributed by atoms with van der Waals surface area (Å²) in [6.45, 7) is 11.6. The van der Waals surface area contributed by atoms with Gasteiger partial charge in [0.05, 0.1) is 0 Å². The summed E-state index contributed by atoms with van der Waals surface area (Å²) in [5, 5.41) is 0. The Bertz CT molecular complexity index is 417. The van der Waals surface area contributed by atoms with Crippen LogP contribution in [-0.2, 0) is 0 Å². The second-order valence-electron chi connectivity index (χ2n) is 7.42. The molecule has 112 valence electrons. The van der Waals surface area contributed by atoms with Crippen molar-refractivity contribution in [3.63, 3.8) is 0 Å². The predicted molar refractivity (Wildman–Crippen MR) is 89.7 cm³/mol. The van der Waals surface area contributed by atoms with Gasteiger partial charge in [0.15, 0.2) is 0 Å². The van der Waals surface area contributed by atoms with Crippen LogP contribution >= 0.6 is 0 Å². The standard InChI is InChI=1S/C20H32/c1-14(2)7-6-8-16(4)19-12-10-17(5)18-11-9-15(3)13-20(18)19/h7,10,13,16,18-20H,6,8-9,11-12H2,1-5H3/t16-,18-,19+,20-/m0/s1. The number of allylic oxidation sites excluding steroid dienone is 6. The third kappa shape index (κ3) is 3.65. The monoisotopic (exact) mass is 272 g/mol. The molecule has 0 N–H and O–H groups in total. The molecule has 0 unspecified atom stereocenters. The minimum atomic E-state index is 0.815. The van der Waals surface area contributed by atoms with E-state index in [0.717, 1.165) is 23.7 Å². The Morgan fingerprint density at radius 3 is 2.80 bits per heavy atom. The zero-order chi connectivity index (χ0) is 14.7. The summed E-state index contributed by atoms with van der Waals surface area (Å²) in [7, 11) is 0. The van der Waals surface area contributed by atoms with Crippen LogP contribution in [0.4, 0.5) is 0 Å². The minimum Gasteiger partial charge on any atom is -0.0859 e. The molecule has 20 heavy (non-hydrogen) atoms. The highest BCUT2D eigenvalue weighted by atomic mass is 14.4. The molecule has 0 heteroatoms. The largest absolute Gasteiger partial charge is 0.0859 e. The van der Waals surface area contributed by atoms with Crippen LogP contribution < -0.4 is 0 Å². The molecule has 0 spiro atoms. The van der Waals surface area contributed by atoms with Crippen molar-refractivity contribution in [2.75, 3.05) is 0 Å². The first-order valence-electron chi connectivity index (χ1n) is 8.46. The van der Waals surface area contributed by atoms with Crippen LogP contribution in [0.3, 0.4) is 0 Å². The summed E-state index contributed by atoms with van der Waals surface area (Å²) in [5.41, 5.74) is 4.75. The average molecular weight is 272 g/mol. The Morgan fingerprint density at radius 1 is 1.35 bits per heavy atom. The van der Waals surface area contributed by atoms with Gasteiger partial charge >= 0.3 is 0 Å². The van der Waals surface area contributed by atoms with Crippen molar-refractivity contribution in [1.29, 1.82) is 0 Å². The van der Waals surface area contributed by atoms with Gasteiger partial charge in [-0.05, 0) is 83.5 Å². The maximum atomic E-state index is 2.62. The second-order valence-corrected chi connectivity index (χ2v) is 7.42. The Hall–Kier alpha value is -0.780. The van der Waals surface area contributed by atoms with Gasteiger partial charge in [-0.25, -0.2) is 0 Å². The van der Waals surface area contributed by atoms with Gasteiger partial charge in [0.1, 0.15) is 0 Å². The number of hydrogen-bond acceptors (Lipinski definition) is 0. The molecule has 0 fully saturated rings. The molecule has 2 rings (SSSR count). The maximum Gasteiger partial charge on any atom is -0.0131 e. The van der Waals surface area contributed by atoms with Crippen molar-refractivity contribution in [2.45, 2.75) is 66.7 Å². The smallest absolute Gasteiger partial charge is 0.0131 e. The Balaban J connectivity index is 2.06. The highest BCUT2D eigenvalue weighted by molar-refractivity contribution is 5.21. The first-order valence-corrected chi connectivity index (χ1v) is 8.46. The Labute approximate surface area is 126 Å². The molecule has 0 radical (unpaired) electrons. The SMILES string of the molecule is CC(C)=CCC[C@H](C)[C@H]1CC=C(C)[C@@H]2CCC(C)=C[C@H]12. The van der Waals surface area contributed by atoms with E-state index in [1.165, 1.54) is 37.7 Å². The van der Waals surface area contributed by atoms with Crippen molar-refractivity contribution in [2.24, 2.45) is 23.7 Å². The van der Waals surface area contributed by atoms with E-state index < -0.39 is 0 Å². The van der Waals surface area contributed by atoms with E-state index in [-0.39, 0.29) is 0 Å². The first-order chi connectivity index (χ1) is 9.49. The number of fused-ring (bicyclic) bond motifs is 1. The molecule has 0 aliphatic heterocycles. The zero-order valence-electron chi connectivity index (χ0n) is 14.1. The lowest BCUT2D eigenvalue weighted by Gasteiger charge is -2.42. The molecule has 4 atom stereocenters. The van der Waals surface area contributed by atoms with Crippen molar-refractivity contribution in [3.8, 4) is 0 Å². The molecule has 2 aliphatic rings. The fourth-order valence-electron chi connectivity index (χ4n) is 4.15. The quantitative estimate of drug-likeness (QED) is 0.526. The number of rotatable bonds is 4. The van der Waals surface area contributed by atoms with E-state index in [4.69, 9.17) is 0 Å². The van der Waals surface area contributed by atoms with E-state index in [2.05, 4.69) is 52.8 Å². The normalized spacial score (nSPS) is 30.9. The van der Waals surface area contributed by atoms with Crippen LogP contribution in [0, 0.1) is 23.7 Å². The van der Waals surface area contributed by atoms with E-state index in [0.29, 0.717) is 0 Å². The van der Waals surface area contributed by atoms with Gasteiger partial charge in [-0.15, -0.1) is 0 Å². The van der Waals surface area contributed by atoms with Crippen LogP contribution in [0.15, 0.2) is 34.9 Å². The molecular weight excluding hydrogens is 240 g/mol. The fraction of sp³-hybridized carbons (Fsp3) is 0.700. The fourth-order valence-corrected chi connectivity index (χ4v) is 4.15. The summed E-state index contributed by atoms with van der Waals surface area (Å²) in [6.07, 6.45) is 14.1. The van der Waals surface area contributed by atoms with Crippen LogP contribution in [-0.4, -0.2) is 0 Å². The molecular formula is C20H32. The summed E-state index contributed by atoms with van der Waals surface area (Å²) in [4.78, 5) is 0. The lowest BCUT2D eigenvalue weighted by molar-refractivity contribution is 0.193. The van der Waals surface area contributed by atoms with E-state index in [9.17, 15) is 0 Å². The van der Waals surface area contributed by atoms with Crippen LogP contribution in [0.5, 0.6) is 0 Å². The lowest BCUT2D eigenvalue weighted by Crippen LogP contribution is -2.32. The summed E-state index contributed by atoms with van der Waals surface area (Å²) in [6, 6.07) is 0. The Morgan fingerprint density at radius 2 is 2.10 bits per heavy atom. The molecule has 0 bridgehead atoms. The molecule has 0 saturated carbocycles. The third-order valence-electron chi connectivity index (χ3n) is 5.49. The van der Waals surface area contributed by atoms with Gasteiger partial charge in [0, 0.05) is 0 Å². The van der Waals surface area contributed by atoms with Crippen molar-refractivity contribution < 1.29 is 0 Å². The van der Waals surface area contributed by atoms with Crippen molar-refractivity contribution >= 4 is 0 Å². The zero-order valence-corrected chi connectivity index (χ0v) is 14.1.